The van der Waals surface area contributed by atoms with Crippen LogP contribution in [0.1, 0.15) is 69.9 Å². The molecule has 0 saturated heterocycles. The first-order valence-electron chi connectivity index (χ1n) is 10.3. The molecule has 1 aromatic carbocycles. The second kappa shape index (κ2) is 8.17. The van der Waals surface area contributed by atoms with Crippen LogP contribution in [0.2, 0.25) is 0 Å². The molecule has 29 heavy (non-hydrogen) atoms. The van der Waals surface area contributed by atoms with Crippen molar-refractivity contribution >= 4 is 17.7 Å². The Balaban J connectivity index is 1.94. The highest BCUT2D eigenvalue weighted by Gasteiger charge is 2.57. The predicted octanol–water partition coefficient (Wildman–Crippen LogP) is 3.71. The standard InChI is InChI=1S/C23H30O6/c1-5-9-28-22(27)20-18-15-11-13(24)6-7-14(15)16(12-17(18)25)19(20)21(26)29-10-8-23(2,3)4/h6-7,11,16,18-20,24H,5,8-10,12H2,1-4H3/t16?,18-,19?,20-/m1/s1. The molecule has 0 heterocycles. The third-order valence-electron chi connectivity index (χ3n) is 5.84. The van der Waals surface area contributed by atoms with Crippen LogP contribution in [0.3, 0.4) is 0 Å². The molecule has 1 fully saturated rings. The summed E-state index contributed by atoms with van der Waals surface area (Å²) < 4.78 is 10.9. The zero-order valence-electron chi connectivity index (χ0n) is 17.6. The highest BCUT2D eigenvalue weighted by atomic mass is 16.5. The first kappa shape index (κ1) is 21.3. The summed E-state index contributed by atoms with van der Waals surface area (Å²) in [5.74, 6) is -3.94. The Kier molecular flexibility index (Phi) is 6.01. The van der Waals surface area contributed by atoms with Crippen molar-refractivity contribution in [2.75, 3.05) is 13.2 Å². The molecule has 0 spiro atoms. The van der Waals surface area contributed by atoms with Crippen LogP contribution in [-0.4, -0.2) is 36.0 Å². The van der Waals surface area contributed by atoms with Gasteiger partial charge >= 0.3 is 11.9 Å². The Labute approximate surface area is 171 Å². The lowest BCUT2D eigenvalue weighted by molar-refractivity contribution is -0.167. The number of esters is 2. The van der Waals surface area contributed by atoms with Gasteiger partial charge in [0, 0.05) is 12.3 Å². The number of benzene rings is 1. The highest BCUT2D eigenvalue weighted by Crippen LogP contribution is 2.55. The Morgan fingerprint density at radius 3 is 2.38 bits per heavy atom. The van der Waals surface area contributed by atoms with E-state index in [1.54, 1.807) is 12.1 Å². The van der Waals surface area contributed by atoms with Crippen LogP contribution in [0.4, 0.5) is 0 Å². The van der Waals surface area contributed by atoms with E-state index in [0.717, 1.165) is 5.56 Å². The van der Waals surface area contributed by atoms with E-state index in [0.29, 0.717) is 18.4 Å². The summed E-state index contributed by atoms with van der Waals surface area (Å²) in [6.45, 7) is 8.58. The van der Waals surface area contributed by atoms with E-state index in [1.807, 2.05) is 6.92 Å². The zero-order chi connectivity index (χ0) is 21.3. The van der Waals surface area contributed by atoms with E-state index in [1.165, 1.54) is 6.07 Å². The van der Waals surface area contributed by atoms with E-state index in [4.69, 9.17) is 9.47 Å². The average molecular weight is 402 g/mol. The maximum Gasteiger partial charge on any atom is 0.310 e. The van der Waals surface area contributed by atoms with Crippen molar-refractivity contribution in [2.45, 2.75) is 58.8 Å². The SMILES string of the molecule is CCCOC(=O)[C@H]1C(C(=O)OCCC(C)(C)C)C2CC(=O)[C@H]1c1cc(O)ccc12. The molecule has 1 N–H and O–H groups in total. The summed E-state index contributed by atoms with van der Waals surface area (Å²) in [7, 11) is 0. The Morgan fingerprint density at radius 2 is 1.72 bits per heavy atom. The van der Waals surface area contributed by atoms with Crippen molar-refractivity contribution in [1.29, 1.82) is 0 Å². The first-order valence-corrected chi connectivity index (χ1v) is 10.3. The molecule has 6 nitrogen and oxygen atoms in total. The maximum absolute atomic E-state index is 13.1. The highest BCUT2D eigenvalue weighted by molar-refractivity contribution is 5.99. The monoisotopic (exact) mass is 402 g/mol. The molecule has 3 aliphatic rings. The van der Waals surface area contributed by atoms with Gasteiger partial charge in [-0.25, -0.2) is 0 Å². The second-order valence-corrected chi connectivity index (χ2v) is 9.27. The summed E-state index contributed by atoms with van der Waals surface area (Å²) >= 11 is 0. The Morgan fingerprint density at radius 1 is 1.07 bits per heavy atom. The quantitative estimate of drug-likeness (QED) is 0.730. The van der Waals surface area contributed by atoms with Crippen LogP contribution >= 0.6 is 0 Å². The van der Waals surface area contributed by atoms with Gasteiger partial charge in [0.1, 0.15) is 11.5 Å². The third kappa shape index (κ3) is 4.31. The molecule has 0 aliphatic heterocycles. The Hall–Kier alpha value is -2.37. The molecule has 0 radical (unpaired) electrons. The van der Waals surface area contributed by atoms with Gasteiger partial charge in [-0.1, -0.05) is 33.8 Å². The van der Waals surface area contributed by atoms with E-state index >= 15 is 0 Å². The van der Waals surface area contributed by atoms with Crippen molar-refractivity contribution in [3.63, 3.8) is 0 Å². The lowest BCUT2D eigenvalue weighted by Gasteiger charge is -2.46. The molecule has 2 unspecified atom stereocenters. The molecule has 4 rings (SSSR count). The van der Waals surface area contributed by atoms with Crippen LogP contribution in [0.15, 0.2) is 18.2 Å². The lowest BCUT2D eigenvalue weighted by Crippen LogP contribution is -2.50. The Bertz CT molecular complexity index is 806. The molecular weight excluding hydrogens is 372 g/mol. The fourth-order valence-electron chi connectivity index (χ4n) is 4.41. The minimum atomic E-state index is -0.913. The number of hydrogen-bond acceptors (Lipinski definition) is 6. The van der Waals surface area contributed by atoms with Crippen molar-refractivity contribution in [3.05, 3.63) is 29.3 Å². The number of aromatic hydroxyl groups is 1. The number of phenols is 1. The van der Waals surface area contributed by atoms with Crippen molar-refractivity contribution < 1.29 is 29.0 Å². The van der Waals surface area contributed by atoms with Crippen molar-refractivity contribution in [2.24, 2.45) is 17.3 Å². The summed E-state index contributed by atoms with van der Waals surface area (Å²) in [5, 5.41) is 9.92. The van der Waals surface area contributed by atoms with Gasteiger partial charge in [0.15, 0.2) is 0 Å². The van der Waals surface area contributed by atoms with E-state index in [9.17, 15) is 19.5 Å². The number of phenolic OH excluding ortho intramolecular Hbond substituents is 1. The first-order chi connectivity index (χ1) is 13.6. The average Bonchev–Trinajstić information content (AvgIpc) is 2.64. The van der Waals surface area contributed by atoms with Gasteiger partial charge in [0.05, 0.1) is 31.0 Å². The van der Waals surface area contributed by atoms with Gasteiger partial charge in [-0.15, -0.1) is 0 Å². The fraction of sp³-hybridized carbons (Fsp3) is 0.609. The van der Waals surface area contributed by atoms with Crippen LogP contribution in [0.25, 0.3) is 0 Å². The van der Waals surface area contributed by atoms with Gasteiger partial charge in [-0.05, 0) is 41.5 Å². The van der Waals surface area contributed by atoms with Crippen LogP contribution in [0, 0.1) is 17.3 Å². The number of ketones is 1. The number of ether oxygens (including phenoxy) is 2. The molecule has 6 heteroatoms. The van der Waals surface area contributed by atoms with Gasteiger partial charge in [-0.2, -0.15) is 0 Å². The predicted molar refractivity (Wildman–Crippen MR) is 106 cm³/mol. The number of fused-ring (bicyclic) bond motifs is 2. The van der Waals surface area contributed by atoms with Crippen LogP contribution in [-0.2, 0) is 23.9 Å². The van der Waals surface area contributed by atoms with Crippen molar-refractivity contribution in [3.8, 4) is 5.75 Å². The summed E-state index contributed by atoms with van der Waals surface area (Å²) in [6, 6.07) is 4.83. The molecule has 0 amide bonds. The molecule has 4 atom stereocenters. The molecular formula is C23H30O6. The van der Waals surface area contributed by atoms with Gasteiger partial charge in [-0.3, -0.25) is 14.4 Å². The van der Waals surface area contributed by atoms with Crippen molar-refractivity contribution in [1.82, 2.24) is 0 Å². The maximum atomic E-state index is 13.1. The van der Waals surface area contributed by atoms with Gasteiger partial charge < -0.3 is 14.6 Å². The molecule has 1 saturated carbocycles. The molecule has 158 valence electrons. The molecule has 3 aliphatic carbocycles. The topological polar surface area (TPSA) is 89.9 Å². The lowest BCUT2D eigenvalue weighted by atomic mass is 9.55. The molecule has 2 bridgehead atoms. The third-order valence-corrected chi connectivity index (χ3v) is 5.84. The summed E-state index contributed by atoms with van der Waals surface area (Å²) in [4.78, 5) is 38.7. The van der Waals surface area contributed by atoms with Gasteiger partial charge in [0.25, 0.3) is 0 Å². The normalized spacial score (nSPS) is 25.4. The number of Topliss-reactive ketones (excluding diaryl/α,β-unsaturated/α-hetero) is 1. The largest absolute Gasteiger partial charge is 0.508 e. The smallest absolute Gasteiger partial charge is 0.310 e. The summed E-state index contributed by atoms with van der Waals surface area (Å²) in [6.07, 6.45) is 1.55. The minimum Gasteiger partial charge on any atom is -0.508 e. The second-order valence-electron chi connectivity index (χ2n) is 9.27. The van der Waals surface area contributed by atoms with E-state index in [-0.39, 0.29) is 36.6 Å². The summed E-state index contributed by atoms with van der Waals surface area (Å²) in [5.41, 5.74) is 1.49. The number of carbonyl (C=O) groups is 3. The van der Waals surface area contributed by atoms with Crippen LogP contribution < -0.4 is 0 Å². The minimum absolute atomic E-state index is 0.0192. The fourth-order valence-corrected chi connectivity index (χ4v) is 4.41. The van der Waals surface area contributed by atoms with E-state index in [2.05, 4.69) is 20.8 Å². The van der Waals surface area contributed by atoms with E-state index < -0.39 is 35.6 Å². The van der Waals surface area contributed by atoms with Crippen LogP contribution in [0.5, 0.6) is 5.75 Å². The van der Waals surface area contributed by atoms with Gasteiger partial charge in [0.2, 0.25) is 0 Å². The molecule has 0 aromatic heterocycles. The zero-order valence-corrected chi connectivity index (χ0v) is 17.6. The number of rotatable bonds is 6. The number of hydrogen-bond donors (Lipinski definition) is 1. The molecule has 1 aromatic rings. The number of carbonyl (C=O) groups excluding carboxylic acids is 3.